The number of carbonyl (C=O) groups excluding carboxylic acids is 1. The predicted molar refractivity (Wildman–Crippen MR) is 456 cm³/mol. The highest BCUT2D eigenvalue weighted by Crippen LogP contribution is 2.56. The van der Waals surface area contributed by atoms with Gasteiger partial charge < -0.3 is 38.3 Å². The van der Waals surface area contributed by atoms with Crippen molar-refractivity contribution in [2.45, 2.75) is 177 Å². The number of esters is 1. The molecule has 0 amide bonds. The van der Waals surface area contributed by atoms with E-state index in [2.05, 4.69) is 157 Å². The number of nitrogens with zero attached hydrogens (tertiary/aromatic N) is 8. The van der Waals surface area contributed by atoms with Crippen molar-refractivity contribution in [1.29, 1.82) is 0 Å². The van der Waals surface area contributed by atoms with Gasteiger partial charge in [0.1, 0.15) is 23.3 Å². The van der Waals surface area contributed by atoms with Crippen LogP contribution in [0, 0.1) is 68.2 Å². The van der Waals surface area contributed by atoms with Crippen LogP contribution in [-0.4, -0.2) is 105 Å². The van der Waals surface area contributed by atoms with Crippen LogP contribution in [0.2, 0.25) is 0 Å². The van der Waals surface area contributed by atoms with Gasteiger partial charge in [0.15, 0.2) is 0 Å². The first-order chi connectivity index (χ1) is 56.9. The topological polar surface area (TPSA) is 273 Å². The summed E-state index contributed by atoms with van der Waals surface area (Å²) in [5, 5.41) is 65.5. The van der Waals surface area contributed by atoms with Gasteiger partial charge in [-0.2, -0.15) is 20.4 Å². The SMILES string of the molecule is CCOC(=O)C1CC1c1c(C(C)C)n(-c2ccc(F)c(C)c2)c2cc3cn[nH]c3cc12.Cc1cc(-n2c(C(C)C)c(C3CC(C(=O)O)C3)c3cc4[nH]ncc4cc32)ccc1F.Cc1cc(-n2c(C(C)C)c(CC3(C(=O)O)CC3)c3cc4[nH]ncc4cc32)ccc1F.Cc1cc(-n2c(C(C)C)c(CCC(=O)O)c3cc4[nH]ncc4cc32)ccc1F. The van der Waals surface area contributed by atoms with Crippen LogP contribution in [0.25, 0.3) is 110 Å². The Balaban J connectivity index is 0.000000118. The number of aliphatic carboxylic acids is 3. The molecule has 3 aliphatic carbocycles. The Bertz CT molecular complexity index is 6730. The minimum atomic E-state index is -0.823. The molecule has 0 spiro atoms. The largest absolute Gasteiger partial charge is 0.481 e. The molecule has 0 saturated heterocycles. The molecule has 0 radical (unpaired) electrons. The Labute approximate surface area is 683 Å². The van der Waals surface area contributed by atoms with Crippen molar-refractivity contribution in [3.63, 3.8) is 0 Å². The normalized spacial score (nSPS) is 16.2. The summed E-state index contributed by atoms with van der Waals surface area (Å²) in [6.07, 6.45) is 11.7. The molecule has 8 aromatic carbocycles. The average Bonchev–Trinajstić information content (AvgIpc) is 1.49. The van der Waals surface area contributed by atoms with Crippen molar-refractivity contribution in [3.05, 3.63) is 237 Å². The van der Waals surface area contributed by atoms with Crippen LogP contribution < -0.4 is 0 Å². The third-order valence-electron chi connectivity index (χ3n) is 24.4. The van der Waals surface area contributed by atoms with Gasteiger partial charge in [0.25, 0.3) is 0 Å². The van der Waals surface area contributed by atoms with Crippen LogP contribution in [-0.2, 0) is 36.8 Å². The van der Waals surface area contributed by atoms with Gasteiger partial charge >= 0.3 is 23.9 Å². The van der Waals surface area contributed by atoms with E-state index >= 15 is 0 Å². The lowest BCUT2D eigenvalue weighted by Gasteiger charge is -2.34. The fourth-order valence-corrected chi connectivity index (χ4v) is 18.2. The number of benzene rings is 8. The molecule has 20 nitrogen and oxygen atoms in total. The van der Waals surface area contributed by atoms with Gasteiger partial charge in [-0.1, -0.05) is 55.4 Å². The summed E-state index contributed by atoms with van der Waals surface area (Å²) in [5.41, 5.74) is 22.1. The van der Waals surface area contributed by atoms with Gasteiger partial charge in [0.05, 0.1) is 92.8 Å². The lowest BCUT2D eigenvalue weighted by Crippen LogP contribution is -2.29. The Hall–Kier alpha value is -12.6. The molecule has 16 aromatic rings. The van der Waals surface area contributed by atoms with Crippen molar-refractivity contribution in [1.82, 2.24) is 59.1 Å². The van der Waals surface area contributed by atoms with Crippen molar-refractivity contribution in [2.24, 2.45) is 17.3 Å². The third-order valence-corrected chi connectivity index (χ3v) is 24.4. The number of halogens is 4. The second-order valence-corrected chi connectivity index (χ2v) is 33.9. The second kappa shape index (κ2) is 31.4. The number of hydrogen-bond acceptors (Lipinski definition) is 9. The lowest BCUT2D eigenvalue weighted by molar-refractivity contribution is -0.145. The number of aryl methyl sites for hydroxylation is 5. The number of rotatable bonds is 19. The lowest BCUT2D eigenvalue weighted by atomic mass is 9.70. The average molecular weight is 1610 g/mol. The van der Waals surface area contributed by atoms with E-state index in [1.165, 1.54) is 46.8 Å². The molecule has 2 atom stereocenters. The molecule has 3 aliphatic rings. The van der Waals surface area contributed by atoms with E-state index in [9.17, 15) is 52.1 Å². The van der Waals surface area contributed by atoms with Crippen LogP contribution in [0.3, 0.4) is 0 Å². The third kappa shape index (κ3) is 14.6. The van der Waals surface area contributed by atoms with Crippen molar-refractivity contribution < 1.29 is 56.8 Å². The standard InChI is InChI=1S/C25H26FN3O2.2C24H24FN3O2.C22H22FN3O2/c1-5-31-25(30)18-10-17(18)23-19-11-21-15(12-27-28-21)9-22(19)29(24(23)13(2)3)16-6-7-20(26)14(4)8-16;1-12(2)23-22(14-7-15(8-14)24(29)30)18-10-20-16(11-26-27-20)9-21(18)28(23)17-4-5-19(25)13(3)6-17;1-13(2)22-18(11-24(6-7-24)23(29)30)17-10-20-15(12-26-27-20)9-21(17)28(22)16-4-5-19(25)14(3)8-16;1-12(2)22-16(5-7-21(27)28)17-10-19-14(11-24-25-19)9-20(17)26(22)15-4-6-18(23)13(3)8-15/h6-9,11-13,17-18H,5,10H2,1-4H3,(H,27,28);4-6,9-12,14-15H,7-8H2,1-3H3,(H,26,27)(H,29,30);4-5,8-10,12-13H,6-7,11H2,1-3H3,(H,26,27)(H,29,30);4,6,8-12H,5,7H2,1-3H3,(H,24,25)(H,27,28). The smallest absolute Gasteiger partial charge is 0.309 e. The zero-order valence-corrected chi connectivity index (χ0v) is 68.8. The molecule has 24 heteroatoms. The van der Waals surface area contributed by atoms with Crippen LogP contribution in [0.1, 0.15) is 204 Å². The predicted octanol–water partition coefficient (Wildman–Crippen LogP) is 22.0. The van der Waals surface area contributed by atoms with Crippen LogP contribution >= 0.6 is 0 Å². The van der Waals surface area contributed by atoms with Crippen molar-refractivity contribution in [3.8, 4) is 22.7 Å². The van der Waals surface area contributed by atoms with Gasteiger partial charge in [0.2, 0.25) is 0 Å². The molecule has 3 saturated carbocycles. The maximum absolute atomic E-state index is 14.0. The highest BCUT2D eigenvalue weighted by Gasteiger charge is 2.52. The Morgan fingerprint density at radius 3 is 1.15 bits per heavy atom. The number of hydrogen-bond donors (Lipinski definition) is 7. The molecule has 3 fully saturated rings. The van der Waals surface area contributed by atoms with E-state index in [4.69, 9.17) is 4.74 Å². The summed E-state index contributed by atoms with van der Waals surface area (Å²) in [6.45, 7) is 26.4. The Morgan fingerprint density at radius 2 is 0.807 bits per heavy atom. The number of carboxylic acid groups (broad SMARTS) is 3. The van der Waals surface area contributed by atoms with E-state index in [0.717, 1.165) is 139 Å². The van der Waals surface area contributed by atoms with Crippen molar-refractivity contribution >= 4 is 111 Å². The quantitative estimate of drug-likeness (QED) is 0.0294. The van der Waals surface area contributed by atoms with Gasteiger partial charge in [-0.25, -0.2) is 17.6 Å². The molecular weight excluding hydrogens is 1510 g/mol. The number of fused-ring (bicyclic) bond motifs is 8. The van der Waals surface area contributed by atoms with Crippen LogP contribution in [0.4, 0.5) is 17.6 Å². The first kappa shape index (κ1) is 80.2. The second-order valence-electron chi connectivity index (χ2n) is 33.9. The number of ether oxygens (including phenoxy) is 1. The van der Waals surface area contributed by atoms with E-state index in [1.54, 1.807) is 58.4 Å². The molecule has 0 bridgehead atoms. The molecule has 7 N–H and O–H groups in total. The zero-order valence-electron chi connectivity index (χ0n) is 68.8. The van der Waals surface area contributed by atoms with Crippen molar-refractivity contribution in [2.75, 3.05) is 6.61 Å². The van der Waals surface area contributed by atoms with E-state index in [-0.39, 0.29) is 83.0 Å². The Kier molecular flexibility index (Phi) is 21.1. The summed E-state index contributed by atoms with van der Waals surface area (Å²) < 4.78 is 70.0. The number of nitrogens with one attached hydrogen (secondary N) is 4. The molecule has 8 aromatic heterocycles. The number of carboxylic acids is 3. The zero-order chi connectivity index (χ0) is 84.2. The fourth-order valence-electron chi connectivity index (χ4n) is 18.2. The first-order valence-electron chi connectivity index (χ1n) is 40.9. The summed E-state index contributed by atoms with van der Waals surface area (Å²) in [7, 11) is 0. The van der Waals surface area contributed by atoms with Crippen LogP contribution in [0.5, 0.6) is 0 Å². The van der Waals surface area contributed by atoms with Crippen LogP contribution in [0.15, 0.2) is 146 Å². The number of aromatic amines is 4. The van der Waals surface area contributed by atoms with Gasteiger partial charge in [-0.05, 0) is 275 Å². The number of carbonyl (C=O) groups is 4. The summed E-state index contributed by atoms with van der Waals surface area (Å²) in [5.74, 6) is -2.59. The van der Waals surface area contributed by atoms with Gasteiger partial charge in [-0.3, -0.25) is 39.6 Å². The summed E-state index contributed by atoms with van der Waals surface area (Å²) >= 11 is 0. The first-order valence-corrected chi connectivity index (χ1v) is 40.9. The molecule has 119 heavy (non-hydrogen) atoms. The minimum absolute atomic E-state index is 0.0578. The highest BCUT2D eigenvalue weighted by atomic mass is 19.1. The van der Waals surface area contributed by atoms with Gasteiger partial charge in [0, 0.05) is 101 Å². The maximum atomic E-state index is 14.0. The summed E-state index contributed by atoms with van der Waals surface area (Å²) in [4.78, 5) is 47.1. The number of H-pyrrole nitrogens is 4. The van der Waals surface area contributed by atoms with Gasteiger partial charge in [-0.15, -0.1) is 0 Å². The molecule has 0 aliphatic heterocycles. The molecule has 8 heterocycles. The van der Waals surface area contributed by atoms with E-state index in [1.807, 2.05) is 55.6 Å². The molecule has 19 rings (SSSR count). The number of aromatic nitrogens is 12. The fraction of sp³-hybridized carbons (Fsp3) is 0.326. The maximum Gasteiger partial charge on any atom is 0.309 e. The van der Waals surface area contributed by atoms with E-state index in [0.29, 0.717) is 67.4 Å². The molecule has 2 unspecified atom stereocenters. The summed E-state index contributed by atoms with van der Waals surface area (Å²) in [6, 6.07) is 37.4. The van der Waals surface area contributed by atoms with E-state index < -0.39 is 23.3 Å². The molecule has 612 valence electrons. The minimum Gasteiger partial charge on any atom is -0.481 e. The Morgan fingerprint density at radius 1 is 0.462 bits per heavy atom. The highest BCUT2D eigenvalue weighted by molar-refractivity contribution is 6.03. The monoisotopic (exact) mass is 1610 g/mol. The molecular formula is C95H96F4N12O8.